The van der Waals surface area contributed by atoms with Crippen molar-refractivity contribution < 1.29 is 8.83 Å². The smallest absolute Gasteiger partial charge is 0.147 e. The second-order valence-corrected chi connectivity index (χ2v) is 14.3. The summed E-state index contributed by atoms with van der Waals surface area (Å²) in [6.07, 6.45) is 0. The molecule has 0 bridgehead atoms. The quantitative estimate of drug-likeness (QED) is 0.173. The van der Waals surface area contributed by atoms with Gasteiger partial charge in [0.2, 0.25) is 0 Å². The summed E-state index contributed by atoms with van der Waals surface area (Å²) in [4.78, 5) is 0. The number of para-hydroxylation sites is 1. The van der Waals surface area contributed by atoms with Gasteiger partial charge in [-0.1, -0.05) is 158 Å². The molecule has 12 rings (SSSR count). The van der Waals surface area contributed by atoms with E-state index in [4.69, 9.17) is 8.83 Å². The van der Waals surface area contributed by atoms with Crippen LogP contribution in [0, 0.1) is 0 Å². The molecule has 0 N–H and O–H groups in total. The Bertz CT molecular complexity index is 3430. The maximum atomic E-state index is 6.92. The van der Waals surface area contributed by atoms with E-state index < -0.39 is 0 Å². The molecule has 0 radical (unpaired) electrons. The standard InChI is InChI=1S/C52H30O2/c1-2-14-31(15-3-1)48-38-21-8-10-23-40(38)49(41-24-11-9-22-39(41)48)42-27-26-36(34-18-6-7-19-35(34)42)43-30-44-37-20-12-13-25-46(37)53-52(44)50-45-28-32-16-4-5-17-33(32)29-47(45)54-51(43)50/h1-30H. The molecule has 2 heterocycles. The van der Waals surface area contributed by atoms with E-state index >= 15 is 0 Å². The third kappa shape index (κ3) is 4.11. The first-order valence-electron chi connectivity index (χ1n) is 18.5. The molecule has 0 spiro atoms. The van der Waals surface area contributed by atoms with Crippen LogP contribution in [0.15, 0.2) is 191 Å². The lowest BCUT2D eigenvalue weighted by Gasteiger charge is -2.19. The van der Waals surface area contributed by atoms with Crippen LogP contribution in [0.1, 0.15) is 0 Å². The molecule has 0 saturated carbocycles. The molecule has 0 amide bonds. The minimum Gasteiger partial charge on any atom is -0.455 e. The number of fused-ring (bicyclic) bond motifs is 11. The second-order valence-electron chi connectivity index (χ2n) is 14.3. The highest BCUT2D eigenvalue weighted by molar-refractivity contribution is 6.28. The molecule has 250 valence electrons. The molecule has 2 nitrogen and oxygen atoms in total. The summed E-state index contributed by atoms with van der Waals surface area (Å²) in [5.74, 6) is 0. The number of furan rings is 2. The van der Waals surface area contributed by atoms with Crippen molar-refractivity contribution in [3.8, 4) is 33.4 Å². The predicted octanol–water partition coefficient (Wildman–Crippen LogP) is 15.1. The Balaban J connectivity index is 1.19. The van der Waals surface area contributed by atoms with Crippen LogP contribution in [-0.2, 0) is 0 Å². The summed E-state index contributed by atoms with van der Waals surface area (Å²) in [7, 11) is 0. The first-order chi connectivity index (χ1) is 26.8. The third-order valence-electron chi connectivity index (χ3n) is 11.4. The van der Waals surface area contributed by atoms with E-state index in [0.29, 0.717) is 0 Å². The number of benzene rings is 10. The zero-order valence-corrected chi connectivity index (χ0v) is 29.1. The fourth-order valence-electron chi connectivity index (χ4n) is 9.09. The molecule has 0 fully saturated rings. The van der Waals surface area contributed by atoms with Gasteiger partial charge < -0.3 is 8.83 Å². The summed E-state index contributed by atoms with van der Waals surface area (Å²) >= 11 is 0. The molecule has 0 aliphatic heterocycles. The summed E-state index contributed by atoms with van der Waals surface area (Å²) in [6, 6.07) is 65.6. The molecule has 0 aliphatic rings. The van der Waals surface area contributed by atoms with Gasteiger partial charge >= 0.3 is 0 Å². The molecule has 54 heavy (non-hydrogen) atoms. The topological polar surface area (TPSA) is 26.3 Å². The summed E-state index contributed by atoms with van der Waals surface area (Å²) in [6.45, 7) is 0. The van der Waals surface area contributed by atoms with Crippen LogP contribution < -0.4 is 0 Å². The van der Waals surface area contributed by atoms with Crippen LogP contribution in [0.5, 0.6) is 0 Å². The van der Waals surface area contributed by atoms with E-state index in [-0.39, 0.29) is 0 Å². The van der Waals surface area contributed by atoms with Crippen molar-refractivity contribution in [2.75, 3.05) is 0 Å². The Morgan fingerprint density at radius 3 is 1.50 bits per heavy atom. The molecule has 0 saturated heterocycles. The van der Waals surface area contributed by atoms with E-state index in [1.807, 2.05) is 6.07 Å². The van der Waals surface area contributed by atoms with Crippen LogP contribution in [0.4, 0.5) is 0 Å². The van der Waals surface area contributed by atoms with Crippen molar-refractivity contribution >= 4 is 87.0 Å². The van der Waals surface area contributed by atoms with Gasteiger partial charge in [-0.05, 0) is 95.2 Å². The summed E-state index contributed by atoms with van der Waals surface area (Å²) < 4.78 is 13.6. The SMILES string of the molecule is c1ccc(-c2c3ccccc3c(-c3ccc(-c4cc5c6ccccc6oc5c5c4oc4cc6ccccc6cc45)c4ccccc34)c3ccccc23)cc1. The second kappa shape index (κ2) is 11.2. The minimum absolute atomic E-state index is 0.841. The van der Waals surface area contributed by atoms with Gasteiger partial charge in [0.1, 0.15) is 22.3 Å². The van der Waals surface area contributed by atoms with Crippen LogP contribution in [0.2, 0.25) is 0 Å². The molecule has 0 atom stereocenters. The Kier molecular flexibility index (Phi) is 6.09. The zero-order valence-electron chi connectivity index (χ0n) is 29.1. The van der Waals surface area contributed by atoms with Crippen LogP contribution in [0.3, 0.4) is 0 Å². The maximum absolute atomic E-state index is 6.92. The predicted molar refractivity (Wildman–Crippen MR) is 227 cm³/mol. The Labute approximate surface area is 310 Å². The summed E-state index contributed by atoms with van der Waals surface area (Å²) in [5.41, 5.74) is 10.6. The van der Waals surface area contributed by atoms with Gasteiger partial charge in [-0.2, -0.15) is 0 Å². The molecule has 10 aromatic carbocycles. The van der Waals surface area contributed by atoms with E-state index in [9.17, 15) is 0 Å². The first-order valence-corrected chi connectivity index (χ1v) is 18.5. The highest BCUT2D eigenvalue weighted by Gasteiger charge is 2.24. The third-order valence-corrected chi connectivity index (χ3v) is 11.4. The van der Waals surface area contributed by atoms with E-state index in [2.05, 4.69) is 176 Å². The molecule has 12 aromatic rings. The van der Waals surface area contributed by atoms with Crippen molar-refractivity contribution in [1.82, 2.24) is 0 Å². The minimum atomic E-state index is 0.841. The van der Waals surface area contributed by atoms with E-state index in [1.54, 1.807) is 0 Å². The number of rotatable bonds is 3. The van der Waals surface area contributed by atoms with Gasteiger partial charge in [-0.15, -0.1) is 0 Å². The van der Waals surface area contributed by atoms with Crippen molar-refractivity contribution in [2.45, 2.75) is 0 Å². The van der Waals surface area contributed by atoms with E-state index in [0.717, 1.165) is 60.4 Å². The van der Waals surface area contributed by atoms with E-state index in [1.165, 1.54) is 60.0 Å². The van der Waals surface area contributed by atoms with Gasteiger partial charge in [0.15, 0.2) is 0 Å². The van der Waals surface area contributed by atoms with Gasteiger partial charge in [-0.25, -0.2) is 0 Å². The Hall–Kier alpha value is -7.16. The van der Waals surface area contributed by atoms with Crippen molar-refractivity contribution in [3.05, 3.63) is 182 Å². The Morgan fingerprint density at radius 2 is 0.796 bits per heavy atom. The lowest BCUT2D eigenvalue weighted by atomic mass is 9.83. The van der Waals surface area contributed by atoms with Crippen LogP contribution in [-0.4, -0.2) is 0 Å². The van der Waals surface area contributed by atoms with Gasteiger partial charge in [0, 0.05) is 21.7 Å². The monoisotopic (exact) mass is 686 g/mol. The van der Waals surface area contributed by atoms with Crippen LogP contribution in [0.25, 0.3) is 120 Å². The maximum Gasteiger partial charge on any atom is 0.147 e. The lowest BCUT2D eigenvalue weighted by Crippen LogP contribution is -1.92. The van der Waals surface area contributed by atoms with Crippen molar-refractivity contribution in [3.63, 3.8) is 0 Å². The lowest BCUT2D eigenvalue weighted by molar-refractivity contribution is 0.664. The van der Waals surface area contributed by atoms with Gasteiger partial charge in [0.25, 0.3) is 0 Å². The largest absolute Gasteiger partial charge is 0.455 e. The zero-order chi connectivity index (χ0) is 35.3. The number of hydrogen-bond donors (Lipinski definition) is 0. The van der Waals surface area contributed by atoms with Crippen molar-refractivity contribution in [2.24, 2.45) is 0 Å². The highest BCUT2D eigenvalue weighted by Crippen LogP contribution is 2.49. The Morgan fingerprint density at radius 1 is 0.278 bits per heavy atom. The average Bonchev–Trinajstić information content (AvgIpc) is 3.80. The fraction of sp³-hybridized carbons (Fsp3) is 0. The van der Waals surface area contributed by atoms with Gasteiger partial charge in [-0.3, -0.25) is 0 Å². The van der Waals surface area contributed by atoms with Crippen molar-refractivity contribution in [1.29, 1.82) is 0 Å². The van der Waals surface area contributed by atoms with Crippen LogP contribution >= 0.6 is 0 Å². The normalized spacial score (nSPS) is 12.1. The molecule has 2 aromatic heterocycles. The molecule has 2 heteroatoms. The van der Waals surface area contributed by atoms with Gasteiger partial charge in [0.05, 0.1) is 5.39 Å². The molecule has 0 aliphatic carbocycles. The first kappa shape index (κ1) is 29.4. The fourth-order valence-corrected chi connectivity index (χ4v) is 9.09. The average molecular weight is 687 g/mol. The summed E-state index contributed by atoms with van der Waals surface area (Å²) in [5, 5.41) is 13.9. The molecule has 0 unspecified atom stereocenters. The molecular formula is C52H30O2. The highest BCUT2D eigenvalue weighted by atomic mass is 16.3. The molecular weight excluding hydrogens is 657 g/mol. The number of hydrogen-bond acceptors (Lipinski definition) is 2.